The fraction of sp³-hybridized carbons (Fsp3) is 1.00. The van der Waals surface area contributed by atoms with Crippen molar-refractivity contribution in [2.24, 2.45) is 16.1 Å². The van der Waals surface area contributed by atoms with Crippen LogP contribution in [0, 0.1) is 5.92 Å². The lowest BCUT2D eigenvalue weighted by Crippen LogP contribution is -2.27. The van der Waals surface area contributed by atoms with Gasteiger partial charge in [0.25, 0.3) is 0 Å². The minimum Gasteiger partial charge on any atom is -0.249 e. The van der Waals surface area contributed by atoms with E-state index in [4.69, 9.17) is 5.26 Å². The summed E-state index contributed by atoms with van der Waals surface area (Å²) in [6.07, 6.45) is 0.642. The molecule has 4 heteroatoms. The minimum atomic E-state index is -0.915. The van der Waals surface area contributed by atoms with Gasteiger partial charge in [-0.25, -0.2) is 10.1 Å². The van der Waals surface area contributed by atoms with Crippen LogP contribution in [0.4, 0.5) is 0 Å². The third-order valence-electron chi connectivity index (χ3n) is 1.55. The van der Waals surface area contributed by atoms with E-state index >= 15 is 0 Å². The molecule has 0 aliphatic heterocycles. The van der Waals surface area contributed by atoms with Crippen LogP contribution in [-0.2, 0) is 4.89 Å². The molecular formula is C10H22N2O2. The Hall–Kier alpha value is -0.480. The van der Waals surface area contributed by atoms with Crippen LogP contribution in [0.1, 0.15) is 48.0 Å². The molecule has 0 aromatic rings. The molecule has 14 heavy (non-hydrogen) atoms. The van der Waals surface area contributed by atoms with Gasteiger partial charge in [-0.15, -0.1) is 0 Å². The largest absolute Gasteiger partial charge is 0.249 e. The monoisotopic (exact) mass is 202 g/mol. The summed E-state index contributed by atoms with van der Waals surface area (Å²) in [4.78, 5) is 4.38. The normalized spacial score (nSPS) is 17.7. The standard InChI is InChI=1S/C10H22N2O2/c1-8(2)7-10(6,14-13)12-11-9(3,4)5/h8,13H,7H2,1-6H3. The Morgan fingerprint density at radius 1 is 1.14 bits per heavy atom. The highest BCUT2D eigenvalue weighted by atomic mass is 17.1. The quantitative estimate of drug-likeness (QED) is 0.431. The van der Waals surface area contributed by atoms with Gasteiger partial charge in [-0.3, -0.25) is 0 Å². The maximum absolute atomic E-state index is 8.78. The zero-order valence-electron chi connectivity index (χ0n) is 10.0. The molecule has 0 aromatic carbocycles. The fourth-order valence-electron chi connectivity index (χ4n) is 1.11. The van der Waals surface area contributed by atoms with Crippen molar-refractivity contribution in [2.45, 2.75) is 59.2 Å². The van der Waals surface area contributed by atoms with Crippen LogP contribution >= 0.6 is 0 Å². The fourth-order valence-corrected chi connectivity index (χ4v) is 1.11. The van der Waals surface area contributed by atoms with E-state index in [0.717, 1.165) is 0 Å². The van der Waals surface area contributed by atoms with E-state index in [1.54, 1.807) is 6.92 Å². The lowest BCUT2D eigenvalue weighted by Gasteiger charge is -2.23. The summed E-state index contributed by atoms with van der Waals surface area (Å²) in [7, 11) is 0. The second-order valence-electron chi connectivity index (χ2n) is 5.24. The molecule has 0 radical (unpaired) electrons. The van der Waals surface area contributed by atoms with E-state index in [2.05, 4.69) is 15.1 Å². The van der Waals surface area contributed by atoms with E-state index in [9.17, 15) is 0 Å². The lowest BCUT2D eigenvalue weighted by molar-refractivity contribution is -0.321. The molecule has 1 unspecified atom stereocenters. The van der Waals surface area contributed by atoms with Gasteiger partial charge in [-0.2, -0.15) is 10.2 Å². The summed E-state index contributed by atoms with van der Waals surface area (Å²) >= 11 is 0. The van der Waals surface area contributed by atoms with E-state index < -0.39 is 5.72 Å². The highest BCUT2D eigenvalue weighted by molar-refractivity contribution is 4.74. The lowest BCUT2D eigenvalue weighted by atomic mass is 10.0. The third kappa shape index (κ3) is 6.05. The van der Waals surface area contributed by atoms with Gasteiger partial charge in [0.05, 0.1) is 5.54 Å². The van der Waals surface area contributed by atoms with Crippen LogP contribution in [0.2, 0.25) is 0 Å². The van der Waals surface area contributed by atoms with Gasteiger partial charge in [-0.05, 0) is 33.6 Å². The highest BCUT2D eigenvalue weighted by Crippen LogP contribution is 2.23. The molecular weight excluding hydrogens is 180 g/mol. The maximum atomic E-state index is 8.78. The van der Waals surface area contributed by atoms with Crippen molar-refractivity contribution in [1.82, 2.24) is 0 Å². The Morgan fingerprint density at radius 2 is 1.64 bits per heavy atom. The molecule has 0 saturated carbocycles. The van der Waals surface area contributed by atoms with E-state index in [1.165, 1.54) is 0 Å². The van der Waals surface area contributed by atoms with Crippen molar-refractivity contribution < 1.29 is 10.1 Å². The number of azo groups is 1. The van der Waals surface area contributed by atoms with Crippen molar-refractivity contribution in [2.75, 3.05) is 0 Å². The van der Waals surface area contributed by atoms with Crippen LogP contribution in [0.3, 0.4) is 0 Å². The van der Waals surface area contributed by atoms with Crippen molar-refractivity contribution in [3.05, 3.63) is 0 Å². The Bertz CT molecular complexity index is 197. The highest BCUT2D eigenvalue weighted by Gasteiger charge is 2.27. The van der Waals surface area contributed by atoms with E-state index in [1.807, 2.05) is 34.6 Å². The molecule has 0 amide bonds. The molecule has 84 valence electrons. The molecule has 0 fully saturated rings. The number of hydrogen-bond donors (Lipinski definition) is 1. The minimum absolute atomic E-state index is 0.239. The summed E-state index contributed by atoms with van der Waals surface area (Å²) in [5.74, 6) is 0.395. The summed E-state index contributed by atoms with van der Waals surface area (Å²) in [6.45, 7) is 11.7. The van der Waals surface area contributed by atoms with Gasteiger partial charge < -0.3 is 0 Å². The first-order valence-corrected chi connectivity index (χ1v) is 4.95. The molecule has 0 spiro atoms. The predicted octanol–water partition coefficient (Wildman–Crippen LogP) is 3.49. The van der Waals surface area contributed by atoms with E-state index in [-0.39, 0.29) is 5.54 Å². The van der Waals surface area contributed by atoms with Crippen molar-refractivity contribution in [3.63, 3.8) is 0 Å². The van der Waals surface area contributed by atoms with Gasteiger partial charge in [-0.1, -0.05) is 13.8 Å². The summed E-state index contributed by atoms with van der Waals surface area (Å²) in [5, 5.41) is 16.9. The van der Waals surface area contributed by atoms with Gasteiger partial charge in [0.1, 0.15) is 0 Å². The molecule has 0 aromatic heterocycles. The first kappa shape index (κ1) is 13.5. The number of nitrogens with zero attached hydrogens (tertiary/aromatic N) is 2. The SMILES string of the molecule is CC(C)CC(C)(N=NC(C)(C)C)OO. The molecule has 0 aliphatic rings. The zero-order valence-corrected chi connectivity index (χ0v) is 10.0. The van der Waals surface area contributed by atoms with Gasteiger partial charge in [0, 0.05) is 6.42 Å². The molecule has 0 heterocycles. The third-order valence-corrected chi connectivity index (χ3v) is 1.55. The van der Waals surface area contributed by atoms with Gasteiger partial charge in [0.15, 0.2) is 0 Å². The number of rotatable bonds is 4. The number of hydrogen-bond acceptors (Lipinski definition) is 4. The Balaban J connectivity index is 4.47. The van der Waals surface area contributed by atoms with Crippen LogP contribution in [0.15, 0.2) is 10.2 Å². The zero-order chi connectivity index (χ0) is 11.4. The predicted molar refractivity (Wildman–Crippen MR) is 56.2 cm³/mol. The van der Waals surface area contributed by atoms with Gasteiger partial charge in [0.2, 0.25) is 5.72 Å². The summed E-state index contributed by atoms with van der Waals surface area (Å²) in [5.41, 5.74) is -1.15. The smallest absolute Gasteiger partial charge is 0.209 e. The average Bonchev–Trinajstić information content (AvgIpc) is 1.99. The first-order chi connectivity index (χ1) is 6.18. The molecule has 1 N–H and O–H groups in total. The summed E-state index contributed by atoms with van der Waals surface area (Å²) < 4.78 is 0. The second-order valence-corrected chi connectivity index (χ2v) is 5.24. The molecule has 4 nitrogen and oxygen atoms in total. The second kappa shape index (κ2) is 4.84. The maximum Gasteiger partial charge on any atom is 0.209 e. The topological polar surface area (TPSA) is 54.2 Å². The Morgan fingerprint density at radius 3 is 1.93 bits per heavy atom. The van der Waals surface area contributed by atoms with Crippen LogP contribution < -0.4 is 0 Å². The van der Waals surface area contributed by atoms with Gasteiger partial charge >= 0.3 is 0 Å². The summed E-state index contributed by atoms with van der Waals surface area (Å²) in [6, 6.07) is 0. The van der Waals surface area contributed by atoms with Crippen LogP contribution in [0.5, 0.6) is 0 Å². The van der Waals surface area contributed by atoms with Crippen molar-refractivity contribution >= 4 is 0 Å². The molecule has 1 atom stereocenters. The Kier molecular flexibility index (Phi) is 4.68. The van der Waals surface area contributed by atoms with Crippen LogP contribution in [-0.4, -0.2) is 16.5 Å². The molecule has 0 aliphatic carbocycles. The van der Waals surface area contributed by atoms with Crippen molar-refractivity contribution in [3.8, 4) is 0 Å². The average molecular weight is 202 g/mol. The van der Waals surface area contributed by atoms with Crippen LogP contribution in [0.25, 0.3) is 0 Å². The molecule has 0 rings (SSSR count). The van der Waals surface area contributed by atoms with Crippen molar-refractivity contribution in [1.29, 1.82) is 0 Å². The Labute approximate surface area is 86.3 Å². The molecule has 0 bridgehead atoms. The molecule has 0 saturated heterocycles. The first-order valence-electron chi connectivity index (χ1n) is 4.95. The van der Waals surface area contributed by atoms with E-state index in [0.29, 0.717) is 12.3 Å².